The van der Waals surface area contributed by atoms with Gasteiger partial charge in [-0.15, -0.1) is 0 Å². The van der Waals surface area contributed by atoms with Gasteiger partial charge in [0.25, 0.3) is 0 Å². The molecule has 0 spiro atoms. The van der Waals surface area contributed by atoms with Gasteiger partial charge in [0, 0.05) is 38.3 Å². The molecule has 8 heteroatoms. The average Bonchev–Trinajstić information content (AvgIpc) is 2.52. The first-order chi connectivity index (χ1) is 11.4. The zero-order chi connectivity index (χ0) is 17.7. The molecule has 1 aliphatic heterocycles. The third-order valence-electron chi connectivity index (χ3n) is 3.78. The van der Waals surface area contributed by atoms with E-state index in [1.54, 1.807) is 4.90 Å². The second-order valence-electron chi connectivity index (χ2n) is 5.83. The summed E-state index contributed by atoms with van der Waals surface area (Å²) in [5.74, 6) is -1.83. The highest BCUT2D eigenvalue weighted by molar-refractivity contribution is 5.74. The van der Waals surface area contributed by atoms with Gasteiger partial charge >= 0.3 is 5.97 Å². The molecule has 1 heterocycles. The summed E-state index contributed by atoms with van der Waals surface area (Å²) in [4.78, 5) is 15.0. The summed E-state index contributed by atoms with van der Waals surface area (Å²) in [5.41, 5.74) is 5.31. The summed E-state index contributed by atoms with van der Waals surface area (Å²) in [5, 5.41) is 0. The molecule has 24 heavy (non-hydrogen) atoms. The topological polar surface area (TPSA) is 68.0 Å². The summed E-state index contributed by atoms with van der Waals surface area (Å²) in [6, 6.07) is 1.57. The summed E-state index contributed by atoms with van der Waals surface area (Å²) in [7, 11) is 1.97. The molecule has 2 rings (SSSR count). The Kier molecular flexibility index (Phi) is 6.33. The molecule has 134 valence electrons. The van der Waals surface area contributed by atoms with Crippen LogP contribution in [0.5, 0.6) is 5.75 Å². The van der Waals surface area contributed by atoms with Crippen LogP contribution in [0.25, 0.3) is 0 Å². The highest BCUT2D eigenvalue weighted by atomic mass is 19.1. The van der Waals surface area contributed by atoms with Gasteiger partial charge in [0.1, 0.15) is 30.7 Å². The van der Waals surface area contributed by atoms with E-state index in [2.05, 4.69) is 4.90 Å². The largest absolute Gasteiger partial charge is 0.490 e. The molecule has 0 aliphatic carbocycles. The molecular formula is C16H23F2N3O3. The summed E-state index contributed by atoms with van der Waals surface area (Å²) in [6.07, 6.45) is 0. The molecule has 0 radical (unpaired) electrons. The van der Waals surface area contributed by atoms with Crippen LogP contribution >= 0.6 is 0 Å². The maximum Gasteiger partial charge on any atom is 0.322 e. The number of esters is 1. The predicted molar refractivity (Wildman–Crippen MR) is 86.2 cm³/mol. The number of nitrogens with two attached hydrogens (primary N) is 1. The van der Waals surface area contributed by atoms with Crippen LogP contribution < -0.4 is 15.4 Å². The van der Waals surface area contributed by atoms with E-state index in [0.29, 0.717) is 13.1 Å². The number of halogens is 2. The standard InChI is InChI=1S/C16H23F2N3O3/c1-11(19)16(22)24-8-7-23-12-9-13(17)15(14(18)10-12)21-5-3-20(2)4-6-21/h9-11H,3-8,19H2,1-2H3/t11-/m0/s1. The maximum atomic E-state index is 14.3. The molecule has 0 amide bonds. The van der Waals surface area contributed by atoms with Crippen molar-refractivity contribution in [2.75, 3.05) is 51.3 Å². The van der Waals surface area contributed by atoms with Crippen molar-refractivity contribution in [3.63, 3.8) is 0 Å². The Morgan fingerprint density at radius 2 is 1.79 bits per heavy atom. The van der Waals surface area contributed by atoms with E-state index in [4.69, 9.17) is 15.2 Å². The Morgan fingerprint density at radius 1 is 1.21 bits per heavy atom. The minimum atomic E-state index is -0.720. The highest BCUT2D eigenvalue weighted by Gasteiger charge is 2.22. The molecule has 1 aromatic rings. The van der Waals surface area contributed by atoms with E-state index in [-0.39, 0.29) is 24.7 Å². The molecule has 1 saturated heterocycles. The van der Waals surface area contributed by atoms with Crippen molar-refractivity contribution in [3.05, 3.63) is 23.8 Å². The molecule has 1 aromatic carbocycles. The van der Waals surface area contributed by atoms with Gasteiger partial charge in [0.2, 0.25) is 0 Å². The maximum absolute atomic E-state index is 14.3. The van der Waals surface area contributed by atoms with E-state index >= 15 is 0 Å². The Labute approximate surface area is 140 Å². The minimum Gasteiger partial charge on any atom is -0.490 e. The first kappa shape index (κ1) is 18.4. The lowest BCUT2D eigenvalue weighted by atomic mass is 10.2. The number of carbonyl (C=O) groups excluding carboxylic acids is 1. The SMILES string of the molecule is C[C@H](N)C(=O)OCCOc1cc(F)c(N2CCN(C)CC2)c(F)c1. The van der Waals surface area contributed by atoms with E-state index in [1.807, 2.05) is 7.05 Å². The zero-order valence-electron chi connectivity index (χ0n) is 13.9. The number of piperazine rings is 1. The number of nitrogens with zero attached hydrogens (tertiary/aromatic N) is 2. The third kappa shape index (κ3) is 4.78. The fourth-order valence-electron chi connectivity index (χ4n) is 2.39. The van der Waals surface area contributed by atoms with Gasteiger partial charge in [-0.2, -0.15) is 0 Å². The van der Waals surface area contributed by atoms with Crippen LogP contribution in [0, 0.1) is 11.6 Å². The number of hydrogen-bond donors (Lipinski definition) is 1. The van der Waals surface area contributed by atoms with E-state index < -0.39 is 23.6 Å². The Hall–Kier alpha value is -1.93. The summed E-state index contributed by atoms with van der Waals surface area (Å²) >= 11 is 0. The van der Waals surface area contributed by atoms with Gasteiger partial charge in [0.15, 0.2) is 11.6 Å². The van der Waals surface area contributed by atoms with Gasteiger partial charge < -0.3 is 25.0 Å². The highest BCUT2D eigenvalue weighted by Crippen LogP contribution is 2.28. The molecule has 1 aliphatic rings. The van der Waals surface area contributed by atoms with Crippen LogP contribution in [-0.4, -0.2) is 63.4 Å². The van der Waals surface area contributed by atoms with Gasteiger partial charge in [-0.25, -0.2) is 8.78 Å². The lowest BCUT2D eigenvalue weighted by molar-refractivity contribution is -0.145. The Balaban J connectivity index is 1.93. The van der Waals surface area contributed by atoms with Crippen molar-refractivity contribution in [2.45, 2.75) is 13.0 Å². The number of hydrogen-bond acceptors (Lipinski definition) is 6. The lowest BCUT2D eigenvalue weighted by Gasteiger charge is -2.34. The molecule has 1 atom stereocenters. The molecular weight excluding hydrogens is 320 g/mol. The van der Waals surface area contributed by atoms with Crippen LogP contribution in [0.2, 0.25) is 0 Å². The average molecular weight is 343 g/mol. The van der Waals surface area contributed by atoms with Crippen molar-refractivity contribution in [1.29, 1.82) is 0 Å². The number of rotatable bonds is 6. The number of likely N-dealkylation sites (N-methyl/N-ethyl adjacent to an activating group) is 1. The number of ether oxygens (including phenoxy) is 2. The fraction of sp³-hybridized carbons (Fsp3) is 0.562. The lowest BCUT2D eigenvalue weighted by Crippen LogP contribution is -2.45. The van der Waals surface area contributed by atoms with Gasteiger partial charge in [-0.1, -0.05) is 0 Å². The second-order valence-corrected chi connectivity index (χ2v) is 5.83. The van der Waals surface area contributed by atoms with Crippen molar-refractivity contribution < 1.29 is 23.0 Å². The quantitative estimate of drug-likeness (QED) is 0.614. The predicted octanol–water partition coefficient (Wildman–Crippen LogP) is 0.986. The summed E-state index contributed by atoms with van der Waals surface area (Å²) in [6.45, 7) is 4.10. The number of benzene rings is 1. The molecule has 2 N–H and O–H groups in total. The van der Waals surface area contributed by atoms with Gasteiger partial charge in [0.05, 0.1) is 0 Å². The van der Waals surface area contributed by atoms with Crippen LogP contribution in [-0.2, 0) is 9.53 Å². The second kappa shape index (κ2) is 8.25. The fourth-order valence-corrected chi connectivity index (χ4v) is 2.39. The van der Waals surface area contributed by atoms with Crippen LogP contribution in [0.1, 0.15) is 6.92 Å². The smallest absolute Gasteiger partial charge is 0.322 e. The molecule has 0 saturated carbocycles. The normalized spacial score (nSPS) is 16.8. The Bertz CT molecular complexity index is 553. The number of anilines is 1. The zero-order valence-corrected chi connectivity index (χ0v) is 13.9. The van der Waals surface area contributed by atoms with Crippen molar-refractivity contribution >= 4 is 11.7 Å². The first-order valence-corrected chi connectivity index (χ1v) is 7.86. The number of carbonyl (C=O) groups is 1. The van der Waals surface area contributed by atoms with E-state index in [9.17, 15) is 13.6 Å². The molecule has 0 aromatic heterocycles. The minimum absolute atomic E-state index is 0.00873. The van der Waals surface area contributed by atoms with Crippen molar-refractivity contribution in [1.82, 2.24) is 4.90 Å². The van der Waals surface area contributed by atoms with Gasteiger partial charge in [-0.3, -0.25) is 4.79 Å². The first-order valence-electron chi connectivity index (χ1n) is 7.86. The molecule has 6 nitrogen and oxygen atoms in total. The van der Waals surface area contributed by atoms with Crippen molar-refractivity contribution in [3.8, 4) is 5.75 Å². The van der Waals surface area contributed by atoms with Gasteiger partial charge in [-0.05, 0) is 14.0 Å². The molecule has 1 fully saturated rings. The molecule has 0 unspecified atom stereocenters. The third-order valence-corrected chi connectivity index (χ3v) is 3.78. The van der Waals surface area contributed by atoms with Crippen LogP contribution in [0.15, 0.2) is 12.1 Å². The monoisotopic (exact) mass is 343 g/mol. The van der Waals surface area contributed by atoms with E-state index in [0.717, 1.165) is 25.2 Å². The van der Waals surface area contributed by atoms with Crippen LogP contribution in [0.3, 0.4) is 0 Å². The Morgan fingerprint density at radius 3 is 2.33 bits per heavy atom. The summed E-state index contributed by atoms with van der Waals surface area (Å²) < 4.78 is 38.6. The van der Waals surface area contributed by atoms with Crippen LogP contribution in [0.4, 0.5) is 14.5 Å². The molecule has 0 bridgehead atoms. The van der Waals surface area contributed by atoms with E-state index in [1.165, 1.54) is 6.92 Å². The van der Waals surface area contributed by atoms with Crippen molar-refractivity contribution in [2.24, 2.45) is 5.73 Å².